The summed E-state index contributed by atoms with van der Waals surface area (Å²) in [6, 6.07) is 8.66. The Morgan fingerprint density at radius 2 is 2.04 bits per heavy atom. The highest BCUT2D eigenvalue weighted by Crippen LogP contribution is 2.23. The lowest BCUT2D eigenvalue weighted by Gasteiger charge is -2.09. The van der Waals surface area contributed by atoms with Crippen LogP contribution in [0.15, 0.2) is 41.4 Å². The number of nitrogens with zero attached hydrogens (tertiary/aromatic N) is 1. The van der Waals surface area contributed by atoms with E-state index < -0.39 is 9.84 Å². The third-order valence-corrected chi connectivity index (χ3v) is 6.17. The van der Waals surface area contributed by atoms with Crippen molar-refractivity contribution < 1.29 is 13.2 Å². The molecule has 1 aliphatic rings. The van der Waals surface area contributed by atoms with Gasteiger partial charge in [0.1, 0.15) is 0 Å². The first-order chi connectivity index (χ1) is 11.9. The summed E-state index contributed by atoms with van der Waals surface area (Å²) < 4.78 is 23.6. The highest BCUT2D eigenvalue weighted by molar-refractivity contribution is 7.91. The maximum absolute atomic E-state index is 12.3. The molecule has 25 heavy (non-hydrogen) atoms. The Balaban J connectivity index is 1.66. The number of benzene rings is 1. The van der Waals surface area contributed by atoms with Gasteiger partial charge in [-0.3, -0.25) is 9.78 Å². The normalized spacial score (nSPS) is 16.5. The Morgan fingerprint density at radius 1 is 1.32 bits per heavy atom. The van der Waals surface area contributed by atoms with Crippen molar-refractivity contribution in [1.82, 2.24) is 15.6 Å². The molecule has 1 aromatic heterocycles. The first kappa shape index (κ1) is 17.6. The maximum Gasteiger partial charge on any atom is 0.253 e. The molecular weight excluding hydrogens is 338 g/mol. The molecule has 2 aromatic rings. The van der Waals surface area contributed by atoms with E-state index in [1.807, 2.05) is 13.0 Å². The van der Waals surface area contributed by atoms with Gasteiger partial charge in [-0.25, -0.2) is 8.42 Å². The summed E-state index contributed by atoms with van der Waals surface area (Å²) in [6.45, 7) is 4.72. The van der Waals surface area contributed by atoms with Crippen LogP contribution in [-0.2, 0) is 22.9 Å². The molecule has 0 saturated heterocycles. The van der Waals surface area contributed by atoms with Gasteiger partial charge in [0.15, 0.2) is 9.84 Å². The minimum absolute atomic E-state index is 0.0711. The van der Waals surface area contributed by atoms with Crippen LogP contribution in [0.1, 0.15) is 47.1 Å². The Kier molecular flexibility index (Phi) is 4.87. The van der Waals surface area contributed by atoms with Gasteiger partial charge < -0.3 is 10.6 Å². The van der Waals surface area contributed by atoms with Gasteiger partial charge in [0.05, 0.1) is 21.9 Å². The zero-order chi connectivity index (χ0) is 18.0. The van der Waals surface area contributed by atoms with E-state index in [-0.39, 0.29) is 17.7 Å². The number of nitrogens with one attached hydrogen (secondary N) is 2. The molecule has 0 radical (unpaired) electrons. The van der Waals surface area contributed by atoms with Crippen molar-refractivity contribution >= 4 is 15.7 Å². The smallest absolute Gasteiger partial charge is 0.253 e. The third-order valence-electron chi connectivity index (χ3n) is 4.42. The number of fused-ring (bicyclic) bond motifs is 1. The van der Waals surface area contributed by atoms with Crippen LogP contribution in [0.5, 0.6) is 0 Å². The van der Waals surface area contributed by atoms with Gasteiger partial charge in [-0.05, 0) is 36.2 Å². The van der Waals surface area contributed by atoms with E-state index >= 15 is 0 Å². The van der Waals surface area contributed by atoms with Gasteiger partial charge in [0.2, 0.25) is 0 Å². The van der Waals surface area contributed by atoms with Gasteiger partial charge in [-0.1, -0.05) is 19.1 Å². The van der Waals surface area contributed by atoms with Crippen LogP contribution in [0, 0.1) is 0 Å². The van der Waals surface area contributed by atoms with E-state index in [1.165, 1.54) is 0 Å². The molecule has 1 aliphatic heterocycles. The minimum atomic E-state index is -3.20. The second-order valence-electron chi connectivity index (χ2n) is 6.09. The summed E-state index contributed by atoms with van der Waals surface area (Å²) in [5.41, 5.74) is 3.41. The second-order valence-corrected chi connectivity index (χ2v) is 8.37. The van der Waals surface area contributed by atoms with Gasteiger partial charge in [0.25, 0.3) is 5.91 Å². The SMILES string of the molecule is CCS(=O)(=O)c1ccc(CNC(=O)c2cnc3c(c2)C(C)NC3)cc1. The molecule has 132 valence electrons. The minimum Gasteiger partial charge on any atom is -0.348 e. The van der Waals surface area contributed by atoms with Crippen molar-refractivity contribution in [3.8, 4) is 0 Å². The standard InChI is InChI=1S/C18H21N3O3S/c1-3-25(23,24)15-6-4-13(5-7-15)9-21-18(22)14-8-16-12(2)19-11-17(16)20-10-14/h4-8,10,12,19H,3,9,11H2,1-2H3,(H,21,22). The molecule has 0 aliphatic carbocycles. The van der Waals surface area contributed by atoms with Gasteiger partial charge >= 0.3 is 0 Å². The van der Waals surface area contributed by atoms with Gasteiger partial charge in [0, 0.05) is 25.3 Å². The molecular formula is C18H21N3O3S. The van der Waals surface area contributed by atoms with Crippen LogP contribution in [-0.4, -0.2) is 25.1 Å². The molecule has 0 bridgehead atoms. The molecule has 6 nitrogen and oxygen atoms in total. The molecule has 3 rings (SSSR count). The highest BCUT2D eigenvalue weighted by atomic mass is 32.2. The van der Waals surface area contributed by atoms with Crippen LogP contribution >= 0.6 is 0 Å². The largest absolute Gasteiger partial charge is 0.348 e. The Labute approximate surface area is 147 Å². The van der Waals surface area contributed by atoms with Gasteiger partial charge in [-0.2, -0.15) is 0 Å². The van der Waals surface area contributed by atoms with E-state index in [0.717, 1.165) is 23.4 Å². The molecule has 7 heteroatoms. The molecule has 0 fully saturated rings. The predicted octanol–water partition coefficient (Wildman–Crippen LogP) is 1.97. The lowest BCUT2D eigenvalue weighted by molar-refractivity contribution is 0.0950. The summed E-state index contributed by atoms with van der Waals surface area (Å²) >= 11 is 0. The van der Waals surface area contributed by atoms with E-state index in [9.17, 15) is 13.2 Å². The van der Waals surface area contributed by atoms with Crippen molar-refractivity contribution in [3.05, 3.63) is 58.9 Å². The first-order valence-electron chi connectivity index (χ1n) is 8.23. The average molecular weight is 359 g/mol. The number of aromatic nitrogens is 1. The number of rotatable bonds is 5. The lowest BCUT2D eigenvalue weighted by atomic mass is 10.1. The summed E-state index contributed by atoms with van der Waals surface area (Å²) in [4.78, 5) is 17.0. The van der Waals surface area contributed by atoms with Crippen LogP contribution in [0.4, 0.5) is 0 Å². The fourth-order valence-electron chi connectivity index (χ4n) is 2.78. The highest BCUT2D eigenvalue weighted by Gasteiger charge is 2.20. The van der Waals surface area contributed by atoms with Crippen LogP contribution in [0.25, 0.3) is 0 Å². The average Bonchev–Trinajstić information content (AvgIpc) is 3.00. The summed E-state index contributed by atoms with van der Waals surface area (Å²) in [5.74, 6) is -0.124. The first-order valence-corrected chi connectivity index (χ1v) is 9.88. The zero-order valence-corrected chi connectivity index (χ0v) is 15.1. The number of pyridine rings is 1. The number of amides is 1. The van der Waals surface area contributed by atoms with Crippen molar-refractivity contribution in [2.24, 2.45) is 0 Å². The van der Waals surface area contributed by atoms with Crippen molar-refractivity contribution in [2.45, 2.75) is 37.9 Å². The molecule has 2 heterocycles. The number of sulfone groups is 1. The van der Waals surface area contributed by atoms with Crippen LogP contribution in [0.2, 0.25) is 0 Å². The lowest BCUT2D eigenvalue weighted by Crippen LogP contribution is -2.23. The number of hydrogen-bond acceptors (Lipinski definition) is 5. The fraction of sp³-hybridized carbons (Fsp3) is 0.333. The molecule has 0 spiro atoms. The number of hydrogen-bond donors (Lipinski definition) is 2. The van der Waals surface area contributed by atoms with E-state index in [2.05, 4.69) is 15.6 Å². The van der Waals surface area contributed by atoms with Crippen molar-refractivity contribution in [3.63, 3.8) is 0 Å². The summed E-state index contributed by atoms with van der Waals surface area (Å²) in [5, 5.41) is 6.13. The molecule has 2 N–H and O–H groups in total. The Bertz CT molecular complexity index is 892. The summed E-state index contributed by atoms with van der Waals surface area (Å²) in [7, 11) is -3.20. The molecule has 1 unspecified atom stereocenters. The Morgan fingerprint density at radius 3 is 2.72 bits per heavy atom. The van der Waals surface area contributed by atoms with Crippen molar-refractivity contribution in [2.75, 3.05) is 5.75 Å². The third kappa shape index (κ3) is 3.72. The van der Waals surface area contributed by atoms with E-state index in [1.54, 1.807) is 37.4 Å². The van der Waals surface area contributed by atoms with Crippen LogP contribution < -0.4 is 10.6 Å². The molecule has 1 amide bonds. The molecule has 1 aromatic carbocycles. The van der Waals surface area contributed by atoms with Crippen LogP contribution in [0.3, 0.4) is 0 Å². The summed E-state index contributed by atoms with van der Waals surface area (Å²) in [6.07, 6.45) is 1.59. The monoisotopic (exact) mass is 359 g/mol. The van der Waals surface area contributed by atoms with E-state index in [0.29, 0.717) is 17.0 Å². The zero-order valence-electron chi connectivity index (χ0n) is 14.2. The predicted molar refractivity (Wildman–Crippen MR) is 94.8 cm³/mol. The fourth-order valence-corrected chi connectivity index (χ4v) is 3.67. The quantitative estimate of drug-likeness (QED) is 0.852. The van der Waals surface area contributed by atoms with E-state index in [4.69, 9.17) is 0 Å². The topological polar surface area (TPSA) is 88.2 Å². The second kappa shape index (κ2) is 6.93. The number of carbonyl (C=O) groups excluding carboxylic acids is 1. The van der Waals surface area contributed by atoms with Crippen molar-refractivity contribution in [1.29, 1.82) is 0 Å². The molecule has 1 atom stereocenters. The van der Waals surface area contributed by atoms with Gasteiger partial charge in [-0.15, -0.1) is 0 Å². The maximum atomic E-state index is 12.3. The Hall–Kier alpha value is -2.25. The molecule has 0 saturated carbocycles. The number of carbonyl (C=O) groups is 1.